The minimum atomic E-state index is -0.515. The average molecular weight is 500 g/mol. The molecular weight excluding hydrogens is 482 g/mol. The first-order valence-electron chi connectivity index (χ1n) is 9.87. The highest BCUT2D eigenvalue weighted by Crippen LogP contribution is 2.26. The summed E-state index contributed by atoms with van der Waals surface area (Å²) in [5.74, 6) is -0.338. The maximum absolute atomic E-state index is 12.4. The van der Waals surface area contributed by atoms with Crippen molar-refractivity contribution < 1.29 is 28.1 Å². The van der Waals surface area contributed by atoms with Crippen LogP contribution in [0.1, 0.15) is 27.8 Å². The molecular formula is C21H17N5O6S2. The minimum Gasteiger partial charge on any atom is -0.462 e. The zero-order valence-corrected chi connectivity index (χ0v) is 19.3. The Balaban J connectivity index is 1.25. The van der Waals surface area contributed by atoms with Crippen LogP contribution in [-0.4, -0.2) is 45.5 Å². The Morgan fingerprint density at radius 2 is 1.91 bits per heavy atom. The third-order valence-electron chi connectivity index (χ3n) is 4.14. The summed E-state index contributed by atoms with van der Waals surface area (Å²) in [5, 5.41) is 17.2. The number of amides is 2. The van der Waals surface area contributed by atoms with Crippen molar-refractivity contribution in [3.05, 3.63) is 60.0 Å². The molecule has 3 aromatic heterocycles. The molecule has 2 amide bonds. The predicted octanol–water partition coefficient (Wildman–Crippen LogP) is 3.95. The Morgan fingerprint density at radius 1 is 1.09 bits per heavy atom. The van der Waals surface area contributed by atoms with Gasteiger partial charge >= 0.3 is 5.97 Å². The zero-order valence-electron chi connectivity index (χ0n) is 17.6. The average Bonchev–Trinajstić information content (AvgIpc) is 3.60. The van der Waals surface area contributed by atoms with E-state index in [0.717, 1.165) is 11.3 Å². The van der Waals surface area contributed by atoms with Crippen molar-refractivity contribution in [2.75, 3.05) is 23.0 Å². The first-order valence-corrected chi connectivity index (χ1v) is 11.7. The molecule has 1 aromatic carbocycles. The van der Waals surface area contributed by atoms with Crippen LogP contribution in [0.5, 0.6) is 0 Å². The van der Waals surface area contributed by atoms with Crippen molar-refractivity contribution in [2.45, 2.75) is 11.3 Å². The summed E-state index contributed by atoms with van der Waals surface area (Å²) < 4.78 is 15.7. The van der Waals surface area contributed by atoms with E-state index in [1.54, 1.807) is 43.3 Å². The topological polar surface area (TPSA) is 149 Å². The lowest BCUT2D eigenvalue weighted by atomic mass is 10.2. The molecule has 0 saturated carbocycles. The van der Waals surface area contributed by atoms with Crippen molar-refractivity contribution in [3.63, 3.8) is 0 Å². The Labute approximate surface area is 200 Å². The quantitative estimate of drug-likeness (QED) is 0.197. The van der Waals surface area contributed by atoms with Gasteiger partial charge in [0, 0.05) is 11.8 Å². The van der Waals surface area contributed by atoms with Gasteiger partial charge in [0.05, 0.1) is 24.2 Å². The standard InChI is InChI=1S/C21H17N5O6S2/c1-2-30-19(29)12-5-7-13(8-6-12)22-17(27)11-33-21-25-24-20(34-21)23-18(28)14-10-16(32-26-14)15-4-3-9-31-15/h3-10H,2,11H2,1H3,(H,22,27)(H,23,24,28). The van der Waals surface area contributed by atoms with Gasteiger partial charge in [-0.15, -0.1) is 10.2 Å². The van der Waals surface area contributed by atoms with Crippen molar-refractivity contribution in [1.29, 1.82) is 0 Å². The van der Waals surface area contributed by atoms with Crippen molar-refractivity contribution >= 4 is 51.7 Å². The molecule has 0 unspecified atom stereocenters. The van der Waals surface area contributed by atoms with Crippen molar-refractivity contribution in [2.24, 2.45) is 0 Å². The molecule has 0 saturated heterocycles. The Bertz CT molecular complexity index is 1280. The van der Waals surface area contributed by atoms with Gasteiger partial charge < -0.3 is 19.0 Å². The molecule has 2 N–H and O–H groups in total. The highest BCUT2D eigenvalue weighted by atomic mass is 32.2. The molecule has 174 valence electrons. The van der Waals surface area contributed by atoms with Crippen LogP contribution < -0.4 is 10.6 Å². The second-order valence-corrected chi connectivity index (χ2v) is 8.72. The first kappa shape index (κ1) is 23.2. The van der Waals surface area contributed by atoms with E-state index in [9.17, 15) is 14.4 Å². The van der Waals surface area contributed by atoms with Crippen LogP contribution in [0.15, 0.2) is 62.0 Å². The lowest BCUT2D eigenvalue weighted by Gasteiger charge is -2.05. The van der Waals surface area contributed by atoms with E-state index in [1.807, 2.05) is 0 Å². The van der Waals surface area contributed by atoms with Crippen LogP contribution in [0.4, 0.5) is 10.8 Å². The maximum Gasteiger partial charge on any atom is 0.338 e. The van der Waals surface area contributed by atoms with Gasteiger partial charge in [-0.1, -0.05) is 28.3 Å². The molecule has 3 heterocycles. The number of esters is 1. The SMILES string of the molecule is CCOC(=O)c1ccc(NC(=O)CSc2nnc(NC(=O)c3cc(-c4ccco4)on3)s2)cc1. The Kier molecular flexibility index (Phi) is 7.34. The summed E-state index contributed by atoms with van der Waals surface area (Å²) >= 11 is 2.29. The number of aromatic nitrogens is 3. The molecule has 0 bridgehead atoms. The molecule has 4 rings (SSSR count). The number of ether oxygens (including phenoxy) is 1. The lowest BCUT2D eigenvalue weighted by molar-refractivity contribution is -0.113. The molecule has 0 atom stereocenters. The normalized spacial score (nSPS) is 10.6. The van der Waals surface area contributed by atoms with Gasteiger partial charge in [-0.05, 0) is 43.3 Å². The van der Waals surface area contributed by atoms with Gasteiger partial charge in [-0.25, -0.2) is 4.79 Å². The summed E-state index contributed by atoms with van der Waals surface area (Å²) in [6, 6.07) is 11.2. The molecule has 0 fully saturated rings. The molecule has 34 heavy (non-hydrogen) atoms. The highest BCUT2D eigenvalue weighted by molar-refractivity contribution is 8.01. The lowest BCUT2D eigenvalue weighted by Crippen LogP contribution is -2.14. The minimum absolute atomic E-state index is 0.0594. The predicted molar refractivity (Wildman–Crippen MR) is 124 cm³/mol. The van der Waals surface area contributed by atoms with E-state index in [0.29, 0.717) is 33.7 Å². The number of nitrogens with zero attached hydrogens (tertiary/aromatic N) is 3. The van der Waals surface area contributed by atoms with Crippen LogP contribution in [0, 0.1) is 0 Å². The number of hydrogen-bond acceptors (Lipinski definition) is 11. The fourth-order valence-electron chi connectivity index (χ4n) is 2.63. The second-order valence-electron chi connectivity index (χ2n) is 6.52. The van der Waals surface area contributed by atoms with E-state index in [4.69, 9.17) is 13.7 Å². The highest BCUT2D eigenvalue weighted by Gasteiger charge is 2.17. The third-order valence-corrected chi connectivity index (χ3v) is 6.11. The molecule has 0 aliphatic heterocycles. The number of anilines is 2. The van der Waals surface area contributed by atoms with Gasteiger partial charge in [-0.3, -0.25) is 14.9 Å². The smallest absolute Gasteiger partial charge is 0.338 e. The number of hydrogen-bond donors (Lipinski definition) is 2. The molecule has 0 spiro atoms. The second kappa shape index (κ2) is 10.8. The summed E-state index contributed by atoms with van der Waals surface area (Å²) in [7, 11) is 0. The van der Waals surface area contributed by atoms with E-state index in [2.05, 4.69) is 26.0 Å². The van der Waals surface area contributed by atoms with Crippen LogP contribution in [-0.2, 0) is 9.53 Å². The largest absolute Gasteiger partial charge is 0.462 e. The summed E-state index contributed by atoms with van der Waals surface area (Å²) in [4.78, 5) is 36.2. The number of benzene rings is 1. The molecule has 13 heteroatoms. The fraction of sp³-hybridized carbons (Fsp3) is 0.143. The molecule has 0 radical (unpaired) electrons. The zero-order chi connectivity index (χ0) is 23.9. The summed E-state index contributed by atoms with van der Waals surface area (Å²) in [6.07, 6.45) is 1.49. The first-order chi connectivity index (χ1) is 16.5. The van der Waals surface area contributed by atoms with E-state index < -0.39 is 11.9 Å². The number of furan rings is 1. The number of carbonyl (C=O) groups is 3. The Morgan fingerprint density at radius 3 is 2.65 bits per heavy atom. The number of nitrogens with one attached hydrogen (secondary N) is 2. The fourth-order valence-corrected chi connectivity index (χ4v) is 4.17. The number of carbonyl (C=O) groups excluding carboxylic acids is 3. The number of thioether (sulfide) groups is 1. The van der Waals surface area contributed by atoms with E-state index >= 15 is 0 Å². The van der Waals surface area contributed by atoms with Gasteiger partial charge in [0.2, 0.25) is 16.8 Å². The molecule has 0 aliphatic carbocycles. The maximum atomic E-state index is 12.4. The van der Waals surface area contributed by atoms with E-state index in [-0.39, 0.29) is 22.5 Å². The van der Waals surface area contributed by atoms with Crippen LogP contribution in [0.3, 0.4) is 0 Å². The van der Waals surface area contributed by atoms with Gasteiger partial charge in [0.1, 0.15) is 0 Å². The van der Waals surface area contributed by atoms with Crippen molar-refractivity contribution in [3.8, 4) is 11.5 Å². The van der Waals surface area contributed by atoms with Crippen LogP contribution >= 0.6 is 23.1 Å². The van der Waals surface area contributed by atoms with Gasteiger partial charge in [0.25, 0.3) is 5.91 Å². The third kappa shape index (κ3) is 5.88. The number of rotatable bonds is 9. The molecule has 4 aromatic rings. The Hall–Kier alpha value is -3.97. The van der Waals surface area contributed by atoms with Gasteiger partial charge in [-0.2, -0.15) is 0 Å². The van der Waals surface area contributed by atoms with Crippen LogP contribution in [0.25, 0.3) is 11.5 Å². The molecule has 0 aliphatic rings. The van der Waals surface area contributed by atoms with E-state index in [1.165, 1.54) is 24.1 Å². The van der Waals surface area contributed by atoms with Crippen molar-refractivity contribution in [1.82, 2.24) is 15.4 Å². The molecule has 11 nitrogen and oxygen atoms in total. The monoisotopic (exact) mass is 499 g/mol. The summed E-state index contributed by atoms with van der Waals surface area (Å²) in [5.41, 5.74) is 1.01. The summed E-state index contributed by atoms with van der Waals surface area (Å²) in [6.45, 7) is 2.02. The van der Waals surface area contributed by atoms with Crippen LogP contribution in [0.2, 0.25) is 0 Å². The van der Waals surface area contributed by atoms with Gasteiger partial charge in [0.15, 0.2) is 15.8 Å².